The number of aromatic amines is 1. The topological polar surface area (TPSA) is 84.1 Å². The van der Waals surface area contributed by atoms with E-state index in [1.165, 1.54) is 12.4 Å². The Kier molecular flexibility index (Phi) is 4.06. The van der Waals surface area contributed by atoms with Crippen LogP contribution in [0.1, 0.15) is 13.3 Å². The van der Waals surface area contributed by atoms with Gasteiger partial charge in [-0.15, -0.1) is 0 Å². The minimum atomic E-state index is -3.64. The van der Waals surface area contributed by atoms with Crippen LogP contribution in [0.5, 0.6) is 5.75 Å². The highest BCUT2D eigenvalue weighted by atomic mass is 32.2. The number of hydrogen-bond acceptors (Lipinski definition) is 4. The highest BCUT2D eigenvalue weighted by molar-refractivity contribution is 7.92. The molecule has 2 N–H and O–H groups in total. The number of sulfonamides is 1. The summed E-state index contributed by atoms with van der Waals surface area (Å²) in [5.74, 6) is 0.511. The average Bonchev–Trinajstić information content (AvgIpc) is 2.92. The highest BCUT2D eigenvalue weighted by Crippen LogP contribution is 2.26. The number of nitrogens with zero attached hydrogens (tertiary/aromatic N) is 1. The van der Waals surface area contributed by atoms with E-state index in [2.05, 4.69) is 14.9 Å². The van der Waals surface area contributed by atoms with Gasteiger partial charge < -0.3 is 4.74 Å². The van der Waals surface area contributed by atoms with Gasteiger partial charge in [0.1, 0.15) is 10.6 Å². The van der Waals surface area contributed by atoms with Crippen LogP contribution in [0.3, 0.4) is 0 Å². The Hall–Kier alpha value is -2.02. The molecule has 6 nitrogen and oxygen atoms in total. The van der Waals surface area contributed by atoms with Gasteiger partial charge in [-0.1, -0.05) is 19.1 Å². The maximum Gasteiger partial charge on any atom is 0.265 e. The Morgan fingerprint density at radius 3 is 2.84 bits per heavy atom. The van der Waals surface area contributed by atoms with E-state index in [1.807, 2.05) is 6.92 Å². The lowest BCUT2D eigenvalue weighted by Crippen LogP contribution is -2.13. The number of aromatic nitrogens is 2. The fourth-order valence-corrected chi connectivity index (χ4v) is 2.45. The number of H-pyrrole nitrogens is 1. The zero-order valence-electron chi connectivity index (χ0n) is 10.5. The Bertz CT molecular complexity index is 623. The molecule has 1 aromatic carbocycles. The maximum absolute atomic E-state index is 12.1. The number of benzene rings is 1. The zero-order chi connectivity index (χ0) is 13.7. The summed E-state index contributed by atoms with van der Waals surface area (Å²) in [6.07, 6.45) is 3.42. The van der Waals surface area contributed by atoms with Crippen molar-refractivity contribution in [2.24, 2.45) is 0 Å². The van der Waals surface area contributed by atoms with Gasteiger partial charge >= 0.3 is 0 Å². The Balaban J connectivity index is 2.24. The largest absolute Gasteiger partial charge is 0.491 e. The molecule has 0 amide bonds. The van der Waals surface area contributed by atoms with Crippen LogP contribution >= 0.6 is 0 Å². The van der Waals surface area contributed by atoms with Crippen LogP contribution in [0.4, 0.5) is 5.69 Å². The van der Waals surface area contributed by atoms with Crippen molar-refractivity contribution in [3.05, 3.63) is 36.7 Å². The molecule has 2 rings (SSSR count). The fraction of sp³-hybridized carbons (Fsp3) is 0.250. The van der Waals surface area contributed by atoms with Crippen LogP contribution in [0.15, 0.2) is 41.6 Å². The quantitative estimate of drug-likeness (QED) is 0.848. The van der Waals surface area contributed by atoms with Crippen LogP contribution in [0, 0.1) is 0 Å². The number of rotatable bonds is 6. The minimum absolute atomic E-state index is 0.0813. The van der Waals surface area contributed by atoms with Crippen molar-refractivity contribution in [2.75, 3.05) is 11.3 Å². The molecule has 0 aliphatic carbocycles. The van der Waals surface area contributed by atoms with Crippen molar-refractivity contribution in [3.63, 3.8) is 0 Å². The number of para-hydroxylation sites is 2. The van der Waals surface area contributed by atoms with Crippen LogP contribution in [0.25, 0.3) is 0 Å². The van der Waals surface area contributed by atoms with Crippen LogP contribution in [-0.4, -0.2) is 25.2 Å². The van der Waals surface area contributed by atoms with E-state index < -0.39 is 10.0 Å². The molecule has 0 unspecified atom stereocenters. The lowest BCUT2D eigenvalue weighted by molar-refractivity contribution is 0.319. The average molecular weight is 281 g/mol. The number of anilines is 1. The van der Waals surface area contributed by atoms with E-state index in [-0.39, 0.29) is 4.90 Å². The molecule has 0 bridgehead atoms. The van der Waals surface area contributed by atoms with Crippen molar-refractivity contribution in [3.8, 4) is 5.75 Å². The van der Waals surface area contributed by atoms with Crippen molar-refractivity contribution in [2.45, 2.75) is 18.2 Å². The maximum atomic E-state index is 12.1. The Morgan fingerprint density at radius 1 is 1.37 bits per heavy atom. The molecule has 0 saturated carbocycles. The first-order valence-electron chi connectivity index (χ1n) is 5.87. The van der Waals surface area contributed by atoms with Gasteiger partial charge in [0.2, 0.25) is 0 Å². The molecule has 0 fully saturated rings. The highest BCUT2D eigenvalue weighted by Gasteiger charge is 2.17. The molecule has 0 aliphatic heterocycles. The molecule has 0 atom stereocenters. The molecule has 0 aliphatic rings. The molecule has 1 aromatic heterocycles. The molecule has 0 radical (unpaired) electrons. The van der Waals surface area contributed by atoms with Gasteiger partial charge in [-0.05, 0) is 18.6 Å². The second kappa shape index (κ2) is 5.75. The van der Waals surface area contributed by atoms with Crippen LogP contribution in [-0.2, 0) is 10.0 Å². The SMILES string of the molecule is CCCOc1ccccc1NS(=O)(=O)c1cn[nH]c1. The zero-order valence-corrected chi connectivity index (χ0v) is 11.3. The number of hydrogen-bond donors (Lipinski definition) is 2. The van der Waals surface area contributed by atoms with Crippen molar-refractivity contribution in [1.29, 1.82) is 0 Å². The van der Waals surface area contributed by atoms with Crippen LogP contribution < -0.4 is 9.46 Å². The normalized spacial score (nSPS) is 11.2. The fourth-order valence-electron chi connectivity index (χ4n) is 1.48. The Morgan fingerprint density at radius 2 is 2.16 bits per heavy atom. The van der Waals surface area contributed by atoms with Gasteiger partial charge in [0.05, 0.1) is 18.5 Å². The van der Waals surface area contributed by atoms with Gasteiger partial charge in [0.25, 0.3) is 10.0 Å². The molecule has 102 valence electrons. The van der Waals surface area contributed by atoms with Gasteiger partial charge in [0.15, 0.2) is 0 Å². The lowest BCUT2D eigenvalue weighted by Gasteiger charge is -2.12. The summed E-state index contributed by atoms with van der Waals surface area (Å²) >= 11 is 0. The van der Waals surface area contributed by atoms with Crippen molar-refractivity contribution in [1.82, 2.24) is 10.2 Å². The van der Waals surface area contributed by atoms with E-state index in [4.69, 9.17) is 4.74 Å². The Labute approximate surface area is 111 Å². The first-order valence-corrected chi connectivity index (χ1v) is 7.35. The third kappa shape index (κ3) is 3.25. The van der Waals surface area contributed by atoms with Crippen molar-refractivity contribution >= 4 is 15.7 Å². The second-order valence-corrected chi connectivity index (χ2v) is 5.57. The summed E-state index contributed by atoms with van der Waals surface area (Å²) < 4.78 is 32.1. The number of ether oxygens (including phenoxy) is 1. The molecule has 0 spiro atoms. The predicted molar refractivity (Wildman–Crippen MR) is 71.6 cm³/mol. The first-order chi connectivity index (χ1) is 9.13. The van der Waals surface area contributed by atoms with E-state index in [1.54, 1.807) is 24.3 Å². The van der Waals surface area contributed by atoms with Gasteiger partial charge in [-0.2, -0.15) is 5.10 Å². The smallest absolute Gasteiger partial charge is 0.265 e. The summed E-state index contributed by atoms with van der Waals surface area (Å²) in [7, 11) is -3.64. The molecular weight excluding hydrogens is 266 g/mol. The molecule has 19 heavy (non-hydrogen) atoms. The van der Waals surface area contributed by atoms with Crippen molar-refractivity contribution < 1.29 is 13.2 Å². The summed E-state index contributed by atoms with van der Waals surface area (Å²) in [6.45, 7) is 2.52. The summed E-state index contributed by atoms with van der Waals surface area (Å²) in [6, 6.07) is 6.91. The first kappa shape index (κ1) is 13.4. The lowest BCUT2D eigenvalue weighted by atomic mass is 10.3. The summed E-state index contributed by atoms with van der Waals surface area (Å²) in [4.78, 5) is 0.0813. The minimum Gasteiger partial charge on any atom is -0.491 e. The van der Waals surface area contributed by atoms with E-state index >= 15 is 0 Å². The third-order valence-electron chi connectivity index (χ3n) is 2.38. The van der Waals surface area contributed by atoms with Gasteiger partial charge in [-0.25, -0.2) is 8.42 Å². The van der Waals surface area contributed by atoms with E-state index in [0.29, 0.717) is 18.0 Å². The molecule has 1 heterocycles. The molecule has 0 saturated heterocycles. The predicted octanol–water partition coefficient (Wildman–Crippen LogP) is 2.00. The van der Waals surface area contributed by atoms with E-state index in [9.17, 15) is 8.42 Å². The molecule has 2 aromatic rings. The standard InChI is InChI=1S/C12H15N3O3S/c1-2-7-18-12-6-4-3-5-11(12)15-19(16,17)10-8-13-14-9-10/h3-6,8-9,15H,2,7H2,1H3,(H,13,14). The molecular formula is C12H15N3O3S. The monoisotopic (exact) mass is 281 g/mol. The summed E-state index contributed by atoms with van der Waals surface area (Å²) in [5, 5.41) is 6.10. The molecule has 7 heteroatoms. The van der Waals surface area contributed by atoms with Crippen LogP contribution in [0.2, 0.25) is 0 Å². The third-order valence-corrected chi connectivity index (χ3v) is 3.71. The van der Waals surface area contributed by atoms with E-state index in [0.717, 1.165) is 6.42 Å². The van der Waals surface area contributed by atoms with Gasteiger partial charge in [0, 0.05) is 6.20 Å². The number of nitrogens with one attached hydrogen (secondary N) is 2. The second-order valence-electron chi connectivity index (χ2n) is 3.88. The van der Waals surface area contributed by atoms with Gasteiger partial charge in [-0.3, -0.25) is 9.82 Å². The summed E-state index contributed by atoms with van der Waals surface area (Å²) in [5.41, 5.74) is 0.414.